The molecule has 1 aliphatic heterocycles. The summed E-state index contributed by atoms with van der Waals surface area (Å²) in [6, 6.07) is 1.93. The zero-order valence-corrected chi connectivity index (χ0v) is 13.9. The van der Waals surface area contributed by atoms with Crippen LogP contribution in [0.3, 0.4) is 0 Å². The van der Waals surface area contributed by atoms with Gasteiger partial charge in [0.1, 0.15) is 15.0 Å². The van der Waals surface area contributed by atoms with E-state index in [1.54, 1.807) is 6.92 Å². The van der Waals surface area contributed by atoms with Crippen LogP contribution in [0.25, 0.3) is 10.3 Å². The van der Waals surface area contributed by atoms with Crippen molar-refractivity contribution in [3.63, 3.8) is 0 Å². The number of carbonyl (C=O) groups excluding carboxylic acids is 1. The monoisotopic (exact) mass is 371 g/mol. The summed E-state index contributed by atoms with van der Waals surface area (Å²) in [4.78, 5) is 23.6. The van der Waals surface area contributed by atoms with Crippen LogP contribution in [0.1, 0.15) is 16.7 Å². The van der Waals surface area contributed by atoms with E-state index in [0.717, 1.165) is 33.7 Å². The second-order valence-electron chi connectivity index (χ2n) is 4.46. The molecule has 2 aromatic rings. The summed E-state index contributed by atoms with van der Waals surface area (Å²) in [6.07, 6.45) is 0. The molecule has 1 saturated heterocycles. The molecule has 0 radical (unpaired) electrons. The van der Waals surface area contributed by atoms with E-state index in [1.165, 1.54) is 11.3 Å². The Hall–Kier alpha value is -1.25. The molecular weight excluding hydrogens is 358 g/mol. The average Bonchev–Trinajstić information content (AvgIpc) is 2.91. The number of hydrogen-bond donors (Lipinski definition) is 0. The molecule has 0 bridgehead atoms. The fourth-order valence-electron chi connectivity index (χ4n) is 2.19. The number of anilines is 1. The highest BCUT2D eigenvalue weighted by molar-refractivity contribution is 9.10. The highest BCUT2D eigenvalue weighted by atomic mass is 79.9. The largest absolute Gasteiger partial charge is 0.461 e. The van der Waals surface area contributed by atoms with Gasteiger partial charge in [0.2, 0.25) is 5.01 Å². The SMILES string of the molecule is CCOC(=O)c1nc2c(N3CCOCC3)cc(Br)nc2s1. The number of pyridine rings is 1. The van der Waals surface area contributed by atoms with E-state index in [2.05, 4.69) is 30.8 Å². The van der Waals surface area contributed by atoms with Crippen LogP contribution in [0.4, 0.5) is 5.69 Å². The molecule has 0 spiro atoms. The maximum absolute atomic E-state index is 11.8. The Labute approximate surface area is 134 Å². The average molecular weight is 372 g/mol. The molecule has 1 aliphatic rings. The highest BCUT2D eigenvalue weighted by Crippen LogP contribution is 2.32. The first-order chi connectivity index (χ1) is 10.2. The third kappa shape index (κ3) is 3.02. The molecule has 0 unspecified atom stereocenters. The van der Waals surface area contributed by atoms with E-state index in [-0.39, 0.29) is 0 Å². The van der Waals surface area contributed by atoms with Crippen molar-refractivity contribution in [2.24, 2.45) is 0 Å². The summed E-state index contributed by atoms with van der Waals surface area (Å²) >= 11 is 4.67. The number of aromatic nitrogens is 2. The second kappa shape index (κ2) is 6.25. The molecular formula is C13H14BrN3O3S. The van der Waals surface area contributed by atoms with Crippen molar-refractivity contribution in [3.8, 4) is 0 Å². The first kappa shape index (κ1) is 14.7. The van der Waals surface area contributed by atoms with Crippen molar-refractivity contribution in [3.05, 3.63) is 15.7 Å². The first-order valence-corrected chi connectivity index (χ1v) is 8.27. The fraction of sp³-hybridized carbons (Fsp3) is 0.462. The van der Waals surface area contributed by atoms with Gasteiger partial charge in [-0.1, -0.05) is 11.3 Å². The Balaban J connectivity index is 2.04. The van der Waals surface area contributed by atoms with E-state index >= 15 is 0 Å². The van der Waals surface area contributed by atoms with Gasteiger partial charge in [-0.05, 0) is 28.9 Å². The predicted octanol–water partition coefficient (Wildman–Crippen LogP) is 2.47. The van der Waals surface area contributed by atoms with Crippen molar-refractivity contribution < 1.29 is 14.3 Å². The number of ether oxygens (including phenoxy) is 2. The highest BCUT2D eigenvalue weighted by Gasteiger charge is 2.21. The summed E-state index contributed by atoms with van der Waals surface area (Å²) in [5, 5.41) is 0.340. The van der Waals surface area contributed by atoms with E-state index in [9.17, 15) is 4.79 Å². The number of fused-ring (bicyclic) bond motifs is 1. The molecule has 0 saturated carbocycles. The molecule has 112 valence electrons. The van der Waals surface area contributed by atoms with Gasteiger partial charge >= 0.3 is 5.97 Å². The normalized spacial score (nSPS) is 15.4. The number of nitrogens with zero attached hydrogens (tertiary/aromatic N) is 3. The second-order valence-corrected chi connectivity index (χ2v) is 6.25. The summed E-state index contributed by atoms with van der Waals surface area (Å²) in [7, 11) is 0. The van der Waals surface area contributed by atoms with E-state index in [0.29, 0.717) is 24.8 Å². The van der Waals surface area contributed by atoms with Gasteiger partial charge in [-0.2, -0.15) is 0 Å². The molecule has 0 aromatic carbocycles. The molecule has 0 N–H and O–H groups in total. The van der Waals surface area contributed by atoms with Crippen LogP contribution < -0.4 is 4.90 Å². The van der Waals surface area contributed by atoms with Crippen LogP contribution in [0, 0.1) is 0 Å². The molecule has 0 atom stereocenters. The smallest absolute Gasteiger partial charge is 0.367 e. The lowest BCUT2D eigenvalue weighted by Crippen LogP contribution is -2.36. The molecule has 0 amide bonds. The van der Waals surface area contributed by atoms with Gasteiger partial charge in [0.15, 0.2) is 0 Å². The number of carbonyl (C=O) groups is 1. The van der Waals surface area contributed by atoms with Crippen LogP contribution in [0.15, 0.2) is 10.7 Å². The lowest BCUT2D eigenvalue weighted by molar-refractivity contribution is 0.0526. The van der Waals surface area contributed by atoms with Crippen LogP contribution in [-0.2, 0) is 9.47 Å². The Morgan fingerprint density at radius 2 is 2.24 bits per heavy atom. The Kier molecular flexibility index (Phi) is 4.37. The zero-order valence-electron chi connectivity index (χ0n) is 11.5. The van der Waals surface area contributed by atoms with E-state index in [1.807, 2.05) is 6.07 Å². The fourth-order valence-corrected chi connectivity index (χ4v) is 3.56. The summed E-state index contributed by atoms with van der Waals surface area (Å²) in [5.41, 5.74) is 1.72. The maximum atomic E-state index is 11.8. The number of rotatable bonds is 3. The van der Waals surface area contributed by atoms with Gasteiger partial charge in [-0.3, -0.25) is 0 Å². The minimum Gasteiger partial charge on any atom is -0.461 e. The Bertz CT molecular complexity index is 670. The first-order valence-electron chi connectivity index (χ1n) is 6.66. The standard InChI is InChI=1S/C13H14BrN3O3S/c1-2-20-13(18)12-16-10-8(17-3-5-19-6-4-17)7-9(14)15-11(10)21-12/h7H,2-6H2,1H3. The molecule has 3 heterocycles. The lowest BCUT2D eigenvalue weighted by Gasteiger charge is -2.28. The molecule has 8 heteroatoms. The van der Waals surface area contributed by atoms with E-state index in [4.69, 9.17) is 9.47 Å². The number of esters is 1. The van der Waals surface area contributed by atoms with Gasteiger partial charge in [-0.25, -0.2) is 14.8 Å². The quantitative estimate of drug-likeness (QED) is 0.609. The van der Waals surface area contributed by atoms with Crippen molar-refractivity contribution >= 4 is 49.3 Å². The molecule has 2 aromatic heterocycles. The summed E-state index contributed by atoms with van der Waals surface area (Å²) < 4.78 is 11.1. The maximum Gasteiger partial charge on any atom is 0.367 e. The zero-order chi connectivity index (χ0) is 14.8. The van der Waals surface area contributed by atoms with Crippen molar-refractivity contribution in [1.29, 1.82) is 0 Å². The third-order valence-electron chi connectivity index (χ3n) is 3.12. The van der Waals surface area contributed by atoms with Gasteiger partial charge < -0.3 is 14.4 Å². The van der Waals surface area contributed by atoms with Crippen LogP contribution in [-0.4, -0.2) is 48.8 Å². The predicted molar refractivity (Wildman–Crippen MR) is 84.1 cm³/mol. The number of halogens is 1. The Morgan fingerprint density at radius 3 is 2.95 bits per heavy atom. The summed E-state index contributed by atoms with van der Waals surface area (Å²) in [5.74, 6) is -0.399. The molecule has 0 aliphatic carbocycles. The molecule has 3 rings (SSSR count). The van der Waals surface area contributed by atoms with Gasteiger partial charge in [0, 0.05) is 13.1 Å². The van der Waals surface area contributed by atoms with Crippen molar-refractivity contribution in [2.45, 2.75) is 6.92 Å². The molecule has 6 nitrogen and oxygen atoms in total. The van der Waals surface area contributed by atoms with Gasteiger partial charge in [0.25, 0.3) is 0 Å². The molecule has 21 heavy (non-hydrogen) atoms. The number of thiazole rings is 1. The van der Waals surface area contributed by atoms with Crippen molar-refractivity contribution in [1.82, 2.24) is 9.97 Å². The van der Waals surface area contributed by atoms with Crippen LogP contribution in [0.5, 0.6) is 0 Å². The Morgan fingerprint density at radius 1 is 1.48 bits per heavy atom. The van der Waals surface area contributed by atoms with Crippen LogP contribution >= 0.6 is 27.3 Å². The molecule has 1 fully saturated rings. The number of morpholine rings is 1. The van der Waals surface area contributed by atoms with Crippen molar-refractivity contribution in [2.75, 3.05) is 37.8 Å². The third-order valence-corrected chi connectivity index (χ3v) is 4.45. The minimum atomic E-state index is -0.399. The lowest BCUT2D eigenvalue weighted by atomic mass is 10.3. The number of hydrogen-bond acceptors (Lipinski definition) is 7. The van der Waals surface area contributed by atoms with Gasteiger partial charge in [0.05, 0.1) is 25.5 Å². The summed E-state index contributed by atoms with van der Waals surface area (Å²) in [6.45, 7) is 5.10. The minimum absolute atomic E-state index is 0.336. The van der Waals surface area contributed by atoms with Crippen LogP contribution in [0.2, 0.25) is 0 Å². The van der Waals surface area contributed by atoms with Gasteiger partial charge in [-0.15, -0.1) is 0 Å². The van der Waals surface area contributed by atoms with E-state index < -0.39 is 5.97 Å². The topological polar surface area (TPSA) is 64.5 Å².